The number of aryl methyl sites for hydroxylation is 1. The fourth-order valence-corrected chi connectivity index (χ4v) is 1.28. The van der Waals surface area contributed by atoms with Gasteiger partial charge in [0.1, 0.15) is 0 Å². The molecular formula is C11H16BK. The summed E-state index contributed by atoms with van der Waals surface area (Å²) in [5.74, 6) is 0. The van der Waals surface area contributed by atoms with Crippen molar-refractivity contribution in [3.63, 3.8) is 0 Å². The summed E-state index contributed by atoms with van der Waals surface area (Å²) in [4.78, 5) is 0. The minimum atomic E-state index is 0. The summed E-state index contributed by atoms with van der Waals surface area (Å²) in [5.41, 5.74) is 2.78. The van der Waals surface area contributed by atoms with E-state index in [4.69, 9.17) is 0 Å². The third-order valence-corrected chi connectivity index (χ3v) is 2.11. The van der Waals surface area contributed by atoms with E-state index in [0.717, 1.165) is 0 Å². The van der Waals surface area contributed by atoms with Crippen LogP contribution in [0.3, 0.4) is 0 Å². The van der Waals surface area contributed by atoms with Crippen molar-refractivity contribution in [2.45, 2.75) is 33.0 Å². The molecule has 64 valence electrons. The van der Waals surface area contributed by atoms with Crippen molar-refractivity contribution in [1.29, 1.82) is 0 Å². The molecular weight excluding hydrogens is 182 g/mol. The number of hydrogen-bond acceptors (Lipinski definition) is 0. The van der Waals surface area contributed by atoms with Crippen LogP contribution in [0.1, 0.15) is 25.3 Å². The van der Waals surface area contributed by atoms with Crippen LogP contribution in [0.2, 0.25) is 6.32 Å². The number of rotatable bonds is 4. The van der Waals surface area contributed by atoms with Gasteiger partial charge in [-0.05, 0) is 6.92 Å². The molecule has 13 heavy (non-hydrogen) atoms. The molecule has 0 aliphatic rings. The van der Waals surface area contributed by atoms with Crippen molar-refractivity contribution >= 4 is 64.1 Å². The van der Waals surface area contributed by atoms with Crippen LogP contribution in [0.25, 0.3) is 0 Å². The standard InChI is InChI=1S/C11H16B.K/c1-3-4-9-12-11-8-6-5-7-10(11)2;/h5-8H,3-4,9H2,1-2H3;. The van der Waals surface area contributed by atoms with Crippen LogP contribution in [0, 0.1) is 6.92 Å². The van der Waals surface area contributed by atoms with Crippen molar-refractivity contribution in [2.75, 3.05) is 0 Å². The van der Waals surface area contributed by atoms with Crippen molar-refractivity contribution < 1.29 is 0 Å². The summed E-state index contributed by atoms with van der Waals surface area (Å²) in [7, 11) is 2.33. The molecule has 0 aliphatic carbocycles. The van der Waals surface area contributed by atoms with Crippen LogP contribution in [0.4, 0.5) is 0 Å². The van der Waals surface area contributed by atoms with E-state index in [1.165, 1.54) is 30.2 Å². The summed E-state index contributed by atoms with van der Waals surface area (Å²) < 4.78 is 0. The van der Waals surface area contributed by atoms with Crippen molar-refractivity contribution in [1.82, 2.24) is 0 Å². The Hall–Kier alpha value is 0.921. The van der Waals surface area contributed by atoms with Gasteiger partial charge in [0.05, 0.1) is 0 Å². The zero-order chi connectivity index (χ0) is 8.81. The first kappa shape index (κ1) is 13.9. The molecule has 0 nitrogen and oxygen atoms in total. The van der Waals surface area contributed by atoms with Crippen LogP contribution in [0.5, 0.6) is 0 Å². The van der Waals surface area contributed by atoms with Crippen LogP contribution in [0.15, 0.2) is 24.3 Å². The van der Waals surface area contributed by atoms with Crippen molar-refractivity contribution in [3.8, 4) is 0 Å². The van der Waals surface area contributed by atoms with Gasteiger partial charge in [0, 0.05) is 51.4 Å². The Morgan fingerprint density at radius 3 is 2.54 bits per heavy atom. The molecule has 0 heterocycles. The maximum absolute atomic E-state index is 2.33. The summed E-state index contributed by atoms with van der Waals surface area (Å²) in [6.07, 6.45) is 3.79. The van der Waals surface area contributed by atoms with Gasteiger partial charge in [-0.15, -0.1) is 0 Å². The Morgan fingerprint density at radius 1 is 1.23 bits per heavy atom. The molecule has 0 aliphatic heterocycles. The third kappa shape index (κ3) is 5.38. The second-order valence-electron chi connectivity index (χ2n) is 3.20. The summed E-state index contributed by atoms with van der Waals surface area (Å²) in [6, 6.07) is 8.54. The van der Waals surface area contributed by atoms with E-state index in [2.05, 4.69) is 45.4 Å². The van der Waals surface area contributed by atoms with Gasteiger partial charge in [-0.3, -0.25) is 0 Å². The largest absolute Gasteiger partial charge is 0.151 e. The van der Waals surface area contributed by atoms with Crippen LogP contribution in [-0.4, -0.2) is 58.7 Å². The molecule has 0 amide bonds. The molecule has 2 radical (unpaired) electrons. The van der Waals surface area contributed by atoms with Gasteiger partial charge in [0.15, 0.2) is 7.28 Å². The van der Waals surface area contributed by atoms with E-state index in [1.807, 2.05) is 0 Å². The number of benzene rings is 1. The molecule has 0 unspecified atom stereocenters. The van der Waals surface area contributed by atoms with Gasteiger partial charge in [-0.2, -0.15) is 0 Å². The molecule has 0 aromatic heterocycles. The molecule has 1 rings (SSSR count). The minimum Gasteiger partial charge on any atom is -0.0849 e. The van der Waals surface area contributed by atoms with Gasteiger partial charge in [-0.1, -0.05) is 61.4 Å². The average Bonchev–Trinajstić information content (AvgIpc) is 2.09. The maximum atomic E-state index is 2.33. The van der Waals surface area contributed by atoms with Crippen molar-refractivity contribution in [2.24, 2.45) is 0 Å². The predicted octanol–water partition coefficient (Wildman–Crippen LogP) is 2.16. The zero-order valence-corrected chi connectivity index (χ0v) is 12.1. The molecule has 1 aromatic carbocycles. The molecule has 1 aromatic rings. The quantitative estimate of drug-likeness (QED) is 0.513. The molecule has 0 atom stereocenters. The number of hydrogen-bond donors (Lipinski definition) is 0. The van der Waals surface area contributed by atoms with Crippen LogP contribution < -0.4 is 5.46 Å². The Bertz CT molecular complexity index is 235. The normalized spacial score (nSPS) is 9.08. The average molecular weight is 198 g/mol. The minimum absolute atomic E-state index is 0. The zero-order valence-electron chi connectivity index (χ0n) is 9.01. The van der Waals surface area contributed by atoms with Crippen molar-refractivity contribution in [3.05, 3.63) is 29.8 Å². The van der Waals surface area contributed by atoms with Crippen LogP contribution in [-0.2, 0) is 0 Å². The first-order valence-corrected chi connectivity index (χ1v) is 4.73. The Balaban J connectivity index is 0.00000144. The smallest absolute Gasteiger partial charge is 0.0849 e. The fourth-order valence-electron chi connectivity index (χ4n) is 1.28. The Labute approximate surface area is 125 Å². The Kier molecular flexibility index (Phi) is 8.83. The van der Waals surface area contributed by atoms with E-state index >= 15 is 0 Å². The summed E-state index contributed by atoms with van der Waals surface area (Å²) >= 11 is 0. The predicted molar refractivity (Wildman–Crippen MR) is 62.0 cm³/mol. The summed E-state index contributed by atoms with van der Waals surface area (Å²) in [6.45, 7) is 4.39. The second kappa shape index (κ2) is 8.25. The van der Waals surface area contributed by atoms with Gasteiger partial charge >= 0.3 is 0 Å². The van der Waals surface area contributed by atoms with Gasteiger partial charge in [0.25, 0.3) is 0 Å². The molecule has 0 spiro atoms. The monoisotopic (exact) mass is 198 g/mol. The van der Waals surface area contributed by atoms with E-state index in [9.17, 15) is 0 Å². The van der Waals surface area contributed by atoms with Gasteiger partial charge in [0.2, 0.25) is 0 Å². The summed E-state index contributed by atoms with van der Waals surface area (Å²) in [5, 5.41) is 0. The first-order valence-electron chi connectivity index (χ1n) is 4.73. The molecule has 0 saturated heterocycles. The van der Waals surface area contributed by atoms with Gasteiger partial charge in [-0.25, -0.2) is 0 Å². The Morgan fingerprint density at radius 2 is 1.92 bits per heavy atom. The number of unbranched alkanes of at least 4 members (excludes halogenated alkanes) is 1. The third-order valence-electron chi connectivity index (χ3n) is 2.11. The topological polar surface area (TPSA) is 0 Å². The van der Waals surface area contributed by atoms with E-state index in [-0.39, 0.29) is 51.4 Å². The van der Waals surface area contributed by atoms with Gasteiger partial charge < -0.3 is 0 Å². The molecule has 0 saturated carbocycles. The maximum Gasteiger partial charge on any atom is 0.151 e. The fraction of sp³-hybridized carbons (Fsp3) is 0.455. The van der Waals surface area contributed by atoms with E-state index in [1.54, 1.807) is 0 Å². The first-order chi connectivity index (χ1) is 5.84. The molecule has 2 heteroatoms. The second-order valence-corrected chi connectivity index (χ2v) is 3.20. The molecule has 0 N–H and O–H groups in total. The van der Waals surface area contributed by atoms with E-state index in [0.29, 0.717) is 0 Å². The molecule has 0 bridgehead atoms. The van der Waals surface area contributed by atoms with E-state index < -0.39 is 0 Å². The van der Waals surface area contributed by atoms with Crippen LogP contribution >= 0.6 is 0 Å². The SMILES string of the molecule is CCCC[B]c1ccccc1C.[K]. The molecule has 0 fully saturated rings.